The van der Waals surface area contributed by atoms with E-state index in [1.165, 1.54) is 57.9 Å². The normalized spacial score (nSPS) is 40.6. The van der Waals surface area contributed by atoms with E-state index in [9.17, 15) is 0 Å². The van der Waals surface area contributed by atoms with E-state index in [0.717, 1.165) is 24.4 Å². The van der Waals surface area contributed by atoms with E-state index < -0.39 is 0 Å². The molecule has 19 heavy (non-hydrogen) atoms. The molecule has 4 unspecified atom stereocenters. The summed E-state index contributed by atoms with van der Waals surface area (Å²) in [7, 11) is 2.35. The summed E-state index contributed by atoms with van der Waals surface area (Å²) < 4.78 is 0. The Bertz CT molecular complexity index is 278. The summed E-state index contributed by atoms with van der Waals surface area (Å²) >= 11 is 0. The summed E-state index contributed by atoms with van der Waals surface area (Å²) in [5, 5.41) is 0. The lowest BCUT2D eigenvalue weighted by atomic mass is 9.69. The van der Waals surface area contributed by atoms with E-state index in [2.05, 4.69) is 25.8 Å². The average molecular weight is 266 g/mol. The molecule has 0 amide bonds. The van der Waals surface area contributed by atoms with Gasteiger partial charge in [0.25, 0.3) is 0 Å². The predicted molar refractivity (Wildman–Crippen MR) is 83.2 cm³/mol. The Labute approximate surface area is 120 Å². The number of rotatable bonds is 4. The van der Waals surface area contributed by atoms with Gasteiger partial charge in [-0.1, -0.05) is 39.5 Å². The lowest BCUT2D eigenvalue weighted by molar-refractivity contribution is 0.0627. The molecule has 0 aliphatic heterocycles. The van der Waals surface area contributed by atoms with Gasteiger partial charge in [-0.3, -0.25) is 0 Å². The first-order valence-electron chi connectivity index (χ1n) is 8.45. The van der Waals surface area contributed by atoms with Crippen molar-refractivity contribution in [1.82, 2.24) is 4.90 Å². The third kappa shape index (κ3) is 3.95. The van der Waals surface area contributed by atoms with Crippen molar-refractivity contribution in [2.24, 2.45) is 23.0 Å². The minimum absolute atomic E-state index is 0.410. The minimum Gasteiger partial charge on any atom is -0.330 e. The van der Waals surface area contributed by atoms with Crippen molar-refractivity contribution in [2.45, 2.75) is 71.3 Å². The predicted octanol–water partition coefficient (Wildman–Crippen LogP) is 3.65. The van der Waals surface area contributed by atoms with Crippen LogP contribution in [0.4, 0.5) is 0 Å². The van der Waals surface area contributed by atoms with Crippen LogP contribution in [0.5, 0.6) is 0 Å². The van der Waals surface area contributed by atoms with Crippen LogP contribution < -0.4 is 5.73 Å². The standard InChI is InChI=1S/C17H34N2/c1-14-6-4-8-16(10-14)19(3)13-17(12-18)9-5-7-15(2)11-17/h14-16H,4-13,18H2,1-3H3. The minimum atomic E-state index is 0.410. The van der Waals surface area contributed by atoms with Gasteiger partial charge in [0.05, 0.1) is 0 Å². The number of nitrogens with two attached hydrogens (primary N) is 1. The Morgan fingerprint density at radius 3 is 2.47 bits per heavy atom. The van der Waals surface area contributed by atoms with Crippen LogP contribution in [0, 0.1) is 17.3 Å². The maximum atomic E-state index is 6.18. The van der Waals surface area contributed by atoms with Crippen LogP contribution in [0.15, 0.2) is 0 Å². The molecule has 0 bridgehead atoms. The summed E-state index contributed by atoms with van der Waals surface area (Å²) in [6.07, 6.45) is 11.1. The lowest BCUT2D eigenvalue weighted by Gasteiger charge is -2.45. The molecule has 2 aliphatic carbocycles. The van der Waals surface area contributed by atoms with Gasteiger partial charge in [-0.2, -0.15) is 0 Å². The molecule has 2 fully saturated rings. The summed E-state index contributed by atoms with van der Waals surface area (Å²) in [6.45, 7) is 6.93. The van der Waals surface area contributed by atoms with Gasteiger partial charge in [0.2, 0.25) is 0 Å². The van der Waals surface area contributed by atoms with E-state index in [0.29, 0.717) is 5.41 Å². The second-order valence-corrected chi connectivity index (χ2v) is 7.75. The first-order valence-corrected chi connectivity index (χ1v) is 8.45. The molecule has 0 saturated heterocycles. The molecule has 0 heterocycles. The summed E-state index contributed by atoms with van der Waals surface area (Å²) in [5.41, 5.74) is 6.59. The fraction of sp³-hybridized carbons (Fsp3) is 1.00. The van der Waals surface area contributed by atoms with Gasteiger partial charge >= 0.3 is 0 Å². The van der Waals surface area contributed by atoms with E-state index in [-0.39, 0.29) is 0 Å². The van der Waals surface area contributed by atoms with Crippen molar-refractivity contribution in [3.8, 4) is 0 Å². The summed E-state index contributed by atoms with van der Waals surface area (Å²) in [5.74, 6) is 1.79. The van der Waals surface area contributed by atoms with Crippen LogP contribution in [0.2, 0.25) is 0 Å². The van der Waals surface area contributed by atoms with E-state index in [1.54, 1.807) is 0 Å². The van der Waals surface area contributed by atoms with Crippen molar-refractivity contribution in [3.05, 3.63) is 0 Å². The van der Waals surface area contributed by atoms with Crippen LogP contribution in [0.25, 0.3) is 0 Å². The molecule has 0 aromatic carbocycles. The van der Waals surface area contributed by atoms with Gasteiger partial charge < -0.3 is 10.6 Å². The van der Waals surface area contributed by atoms with E-state index in [4.69, 9.17) is 5.73 Å². The Morgan fingerprint density at radius 2 is 1.84 bits per heavy atom. The molecule has 2 saturated carbocycles. The highest BCUT2D eigenvalue weighted by Gasteiger charge is 2.36. The Balaban J connectivity index is 1.93. The van der Waals surface area contributed by atoms with Crippen molar-refractivity contribution >= 4 is 0 Å². The third-order valence-corrected chi connectivity index (χ3v) is 5.74. The number of nitrogens with zero attached hydrogens (tertiary/aromatic N) is 1. The van der Waals surface area contributed by atoms with Crippen LogP contribution in [0.1, 0.15) is 65.2 Å². The first-order chi connectivity index (χ1) is 9.04. The summed E-state index contributed by atoms with van der Waals surface area (Å²) in [4.78, 5) is 2.65. The van der Waals surface area contributed by atoms with E-state index in [1.807, 2.05) is 0 Å². The lowest BCUT2D eigenvalue weighted by Crippen LogP contribution is -2.48. The zero-order valence-corrected chi connectivity index (χ0v) is 13.3. The highest BCUT2D eigenvalue weighted by molar-refractivity contribution is 4.90. The molecular formula is C17H34N2. The van der Waals surface area contributed by atoms with E-state index >= 15 is 0 Å². The highest BCUT2D eigenvalue weighted by Crippen LogP contribution is 2.40. The maximum absolute atomic E-state index is 6.18. The van der Waals surface area contributed by atoms with Gasteiger partial charge in [0.1, 0.15) is 0 Å². The number of hydrogen-bond donors (Lipinski definition) is 1. The Hall–Kier alpha value is -0.0800. The van der Waals surface area contributed by atoms with Crippen molar-refractivity contribution in [3.63, 3.8) is 0 Å². The molecule has 0 radical (unpaired) electrons. The van der Waals surface area contributed by atoms with Gasteiger partial charge in [0.15, 0.2) is 0 Å². The molecule has 2 N–H and O–H groups in total. The fourth-order valence-corrected chi connectivity index (χ4v) is 4.62. The smallest absolute Gasteiger partial charge is 0.00949 e. The van der Waals surface area contributed by atoms with Crippen molar-refractivity contribution < 1.29 is 0 Å². The quantitative estimate of drug-likeness (QED) is 0.841. The third-order valence-electron chi connectivity index (χ3n) is 5.74. The van der Waals surface area contributed by atoms with Gasteiger partial charge in [-0.15, -0.1) is 0 Å². The molecule has 0 spiro atoms. The van der Waals surface area contributed by atoms with Crippen LogP contribution >= 0.6 is 0 Å². The monoisotopic (exact) mass is 266 g/mol. The molecule has 0 aromatic heterocycles. The highest BCUT2D eigenvalue weighted by atomic mass is 15.1. The maximum Gasteiger partial charge on any atom is 0.00949 e. The Kier molecular flexibility index (Phi) is 5.30. The average Bonchev–Trinajstić information content (AvgIpc) is 2.38. The largest absolute Gasteiger partial charge is 0.330 e. The Morgan fingerprint density at radius 1 is 1.11 bits per heavy atom. The zero-order chi connectivity index (χ0) is 13.9. The molecule has 2 heteroatoms. The molecule has 112 valence electrons. The topological polar surface area (TPSA) is 29.3 Å². The van der Waals surface area contributed by atoms with Crippen LogP contribution in [-0.2, 0) is 0 Å². The van der Waals surface area contributed by atoms with Crippen LogP contribution in [0.3, 0.4) is 0 Å². The molecule has 4 atom stereocenters. The second kappa shape index (κ2) is 6.58. The van der Waals surface area contributed by atoms with Crippen LogP contribution in [-0.4, -0.2) is 31.1 Å². The van der Waals surface area contributed by atoms with Gasteiger partial charge in [-0.25, -0.2) is 0 Å². The van der Waals surface area contributed by atoms with Gasteiger partial charge in [0, 0.05) is 12.6 Å². The molecule has 2 rings (SSSR count). The number of hydrogen-bond acceptors (Lipinski definition) is 2. The summed E-state index contributed by atoms with van der Waals surface area (Å²) in [6, 6.07) is 0.810. The molecule has 2 nitrogen and oxygen atoms in total. The van der Waals surface area contributed by atoms with Gasteiger partial charge in [-0.05, 0) is 56.5 Å². The SMILES string of the molecule is CC1CCCC(N(C)CC2(CN)CCCC(C)C2)C1. The first kappa shape index (κ1) is 15.3. The molecule has 2 aliphatic rings. The second-order valence-electron chi connectivity index (χ2n) is 7.75. The molecule has 0 aromatic rings. The van der Waals surface area contributed by atoms with Crippen molar-refractivity contribution in [1.29, 1.82) is 0 Å². The molecular weight excluding hydrogens is 232 g/mol. The van der Waals surface area contributed by atoms with Crippen molar-refractivity contribution in [2.75, 3.05) is 20.1 Å². The fourth-order valence-electron chi connectivity index (χ4n) is 4.62. The zero-order valence-electron chi connectivity index (χ0n) is 13.3.